The lowest BCUT2D eigenvalue weighted by atomic mass is 10.3. The van der Waals surface area contributed by atoms with Crippen LogP contribution in [0.25, 0.3) is 0 Å². The molecule has 0 aliphatic carbocycles. The minimum Gasteiger partial charge on any atom is -0.383 e. The molecule has 0 radical (unpaired) electrons. The second-order valence-corrected chi connectivity index (χ2v) is 4.57. The number of piperazine rings is 1. The van der Waals surface area contributed by atoms with Gasteiger partial charge in [-0.2, -0.15) is 0 Å². The van der Waals surface area contributed by atoms with E-state index in [0.717, 1.165) is 26.2 Å². The molecule has 2 heterocycles. The highest BCUT2D eigenvalue weighted by Crippen LogP contribution is 2.09. The summed E-state index contributed by atoms with van der Waals surface area (Å²) in [6.07, 6.45) is 0. The lowest BCUT2D eigenvalue weighted by molar-refractivity contribution is 0.109. The Labute approximate surface area is 112 Å². The number of anilines is 1. The zero-order valence-electron chi connectivity index (χ0n) is 11.4. The van der Waals surface area contributed by atoms with Gasteiger partial charge in [-0.15, -0.1) is 0 Å². The molecule has 19 heavy (non-hydrogen) atoms. The number of methoxy groups -OCH3 is 1. The number of aryl methyl sites for hydroxylation is 1. The number of nitrogens with one attached hydrogen (secondary N) is 1. The van der Waals surface area contributed by atoms with Crippen LogP contribution in [0.4, 0.5) is 10.6 Å². The van der Waals surface area contributed by atoms with Gasteiger partial charge in [0.1, 0.15) is 5.76 Å². The first-order valence-corrected chi connectivity index (χ1v) is 6.39. The zero-order valence-corrected chi connectivity index (χ0v) is 11.4. The largest absolute Gasteiger partial charge is 0.383 e. The highest BCUT2D eigenvalue weighted by atomic mass is 16.5. The summed E-state index contributed by atoms with van der Waals surface area (Å²) in [5.41, 5.74) is 0. The van der Waals surface area contributed by atoms with Crippen molar-refractivity contribution in [3.8, 4) is 0 Å². The van der Waals surface area contributed by atoms with Gasteiger partial charge in [-0.05, 0) is 6.92 Å². The van der Waals surface area contributed by atoms with Crippen LogP contribution in [0, 0.1) is 6.92 Å². The molecule has 0 saturated carbocycles. The third kappa shape index (κ3) is 3.93. The fraction of sp³-hybridized carbons (Fsp3) is 0.667. The van der Waals surface area contributed by atoms with Crippen molar-refractivity contribution in [1.82, 2.24) is 15.0 Å². The molecule has 1 aliphatic heterocycles. The number of nitrogens with zero attached hydrogens (tertiary/aromatic N) is 3. The average molecular weight is 268 g/mol. The number of carbonyl (C=O) groups excluding carboxylic acids is 1. The van der Waals surface area contributed by atoms with Crippen LogP contribution in [-0.4, -0.2) is 67.4 Å². The Hall–Kier alpha value is -1.60. The van der Waals surface area contributed by atoms with Crippen molar-refractivity contribution in [3.63, 3.8) is 0 Å². The second-order valence-electron chi connectivity index (χ2n) is 4.57. The van der Waals surface area contributed by atoms with Crippen molar-refractivity contribution in [2.24, 2.45) is 0 Å². The summed E-state index contributed by atoms with van der Waals surface area (Å²) in [4.78, 5) is 16.1. The molecule has 7 heteroatoms. The Morgan fingerprint density at radius 1 is 1.47 bits per heavy atom. The summed E-state index contributed by atoms with van der Waals surface area (Å²) in [6, 6.07) is 1.58. The molecule has 7 nitrogen and oxygen atoms in total. The molecule has 106 valence electrons. The maximum Gasteiger partial charge on any atom is 0.323 e. The van der Waals surface area contributed by atoms with E-state index in [1.165, 1.54) is 0 Å². The minimum absolute atomic E-state index is 0.125. The Morgan fingerprint density at radius 2 is 2.21 bits per heavy atom. The number of aromatic nitrogens is 1. The molecule has 0 bridgehead atoms. The molecule has 1 saturated heterocycles. The van der Waals surface area contributed by atoms with Crippen LogP contribution in [0.5, 0.6) is 0 Å². The predicted octanol–water partition coefficient (Wildman–Crippen LogP) is 0.779. The molecule has 2 amide bonds. The van der Waals surface area contributed by atoms with Crippen molar-refractivity contribution < 1.29 is 14.1 Å². The van der Waals surface area contributed by atoms with Crippen LogP contribution in [0.15, 0.2) is 10.6 Å². The lowest BCUT2D eigenvalue weighted by Gasteiger charge is -2.34. The normalized spacial score (nSPS) is 16.6. The van der Waals surface area contributed by atoms with E-state index in [1.54, 1.807) is 25.0 Å². The van der Waals surface area contributed by atoms with Crippen LogP contribution < -0.4 is 5.32 Å². The van der Waals surface area contributed by atoms with Gasteiger partial charge in [0.15, 0.2) is 5.82 Å². The Bertz CT molecular complexity index is 413. The smallest absolute Gasteiger partial charge is 0.323 e. The zero-order chi connectivity index (χ0) is 13.7. The Morgan fingerprint density at radius 3 is 2.79 bits per heavy atom. The summed E-state index contributed by atoms with van der Waals surface area (Å²) in [5, 5.41) is 6.47. The van der Waals surface area contributed by atoms with Crippen LogP contribution in [-0.2, 0) is 4.74 Å². The second kappa shape index (κ2) is 6.53. The highest BCUT2D eigenvalue weighted by Gasteiger charge is 2.21. The van der Waals surface area contributed by atoms with Gasteiger partial charge in [-0.25, -0.2) is 4.79 Å². The molecule has 0 spiro atoms. The van der Waals surface area contributed by atoms with Gasteiger partial charge in [0, 0.05) is 45.9 Å². The standard InChI is InChI=1S/C12H20N4O3/c1-10-9-11(14-19-10)13-12(17)16-5-3-15(4-6-16)7-8-18-2/h9H,3-8H2,1-2H3,(H,13,14,17). The fourth-order valence-electron chi connectivity index (χ4n) is 2.01. The van der Waals surface area contributed by atoms with E-state index in [-0.39, 0.29) is 6.03 Å². The third-order valence-electron chi connectivity index (χ3n) is 3.13. The maximum atomic E-state index is 12.0. The molecule has 1 fully saturated rings. The number of amides is 2. The van der Waals surface area contributed by atoms with Crippen molar-refractivity contribution in [2.75, 3.05) is 51.8 Å². The number of hydrogen-bond donors (Lipinski definition) is 1. The first kappa shape index (κ1) is 13.8. The van der Waals surface area contributed by atoms with Crippen molar-refractivity contribution >= 4 is 11.8 Å². The lowest BCUT2D eigenvalue weighted by Crippen LogP contribution is -2.50. The summed E-state index contributed by atoms with van der Waals surface area (Å²) in [7, 11) is 1.70. The predicted molar refractivity (Wildman–Crippen MR) is 70.1 cm³/mol. The van der Waals surface area contributed by atoms with Crippen LogP contribution in [0.3, 0.4) is 0 Å². The Balaban J connectivity index is 1.76. The van der Waals surface area contributed by atoms with Gasteiger partial charge in [0.05, 0.1) is 6.61 Å². The van der Waals surface area contributed by atoms with Gasteiger partial charge in [-0.3, -0.25) is 10.2 Å². The summed E-state index contributed by atoms with van der Waals surface area (Å²) >= 11 is 0. The highest BCUT2D eigenvalue weighted by molar-refractivity contribution is 5.88. The molecular formula is C12H20N4O3. The van der Waals surface area contributed by atoms with Crippen molar-refractivity contribution in [1.29, 1.82) is 0 Å². The van der Waals surface area contributed by atoms with E-state index < -0.39 is 0 Å². The molecule has 1 aromatic heterocycles. The topological polar surface area (TPSA) is 70.8 Å². The van der Waals surface area contributed by atoms with E-state index >= 15 is 0 Å². The van der Waals surface area contributed by atoms with Crippen LogP contribution in [0.1, 0.15) is 5.76 Å². The molecule has 1 aromatic rings. The van der Waals surface area contributed by atoms with E-state index in [9.17, 15) is 4.79 Å². The quantitative estimate of drug-likeness (QED) is 0.873. The number of carbonyl (C=O) groups is 1. The van der Waals surface area contributed by atoms with Crippen LogP contribution >= 0.6 is 0 Å². The summed E-state index contributed by atoms with van der Waals surface area (Å²) in [5.74, 6) is 1.14. The van der Waals surface area contributed by atoms with Gasteiger partial charge < -0.3 is 14.2 Å². The molecule has 0 unspecified atom stereocenters. The van der Waals surface area contributed by atoms with Gasteiger partial charge >= 0.3 is 6.03 Å². The third-order valence-corrected chi connectivity index (χ3v) is 3.13. The van der Waals surface area contributed by atoms with Crippen molar-refractivity contribution in [2.45, 2.75) is 6.92 Å². The first-order chi connectivity index (χ1) is 9.19. The van der Waals surface area contributed by atoms with E-state index in [1.807, 2.05) is 0 Å². The van der Waals surface area contributed by atoms with Crippen molar-refractivity contribution in [3.05, 3.63) is 11.8 Å². The minimum atomic E-state index is -0.125. The molecule has 0 atom stereocenters. The summed E-state index contributed by atoms with van der Waals surface area (Å²) in [6.45, 7) is 6.60. The van der Waals surface area contributed by atoms with E-state index in [0.29, 0.717) is 24.7 Å². The Kier molecular flexibility index (Phi) is 4.75. The molecule has 2 rings (SSSR count). The molecule has 1 N–H and O–H groups in total. The molecular weight excluding hydrogens is 248 g/mol. The number of ether oxygens (including phenoxy) is 1. The molecule has 0 aromatic carbocycles. The number of hydrogen-bond acceptors (Lipinski definition) is 5. The average Bonchev–Trinajstić information content (AvgIpc) is 2.82. The van der Waals surface area contributed by atoms with Gasteiger partial charge in [0.2, 0.25) is 0 Å². The van der Waals surface area contributed by atoms with E-state index in [4.69, 9.17) is 9.26 Å². The molecule has 1 aliphatic rings. The maximum absolute atomic E-state index is 12.0. The number of rotatable bonds is 4. The van der Waals surface area contributed by atoms with Gasteiger partial charge in [-0.1, -0.05) is 5.16 Å². The van der Waals surface area contributed by atoms with E-state index in [2.05, 4.69) is 15.4 Å². The summed E-state index contributed by atoms with van der Waals surface area (Å²) < 4.78 is 9.96. The van der Waals surface area contributed by atoms with Gasteiger partial charge in [0.25, 0.3) is 0 Å². The monoisotopic (exact) mass is 268 g/mol. The first-order valence-electron chi connectivity index (χ1n) is 6.39. The van der Waals surface area contributed by atoms with Crippen LogP contribution in [0.2, 0.25) is 0 Å². The fourth-order valence-corrected chi connectivity index (χ4v) is 2.01. The number of urea groups is 1. The SMILES string of the molecule is COCCN1CCN(C(=O)Nc2cc(C)on2)CC1.